The molecule has 4 rings (SSSR count). The van der Waals surface area contributed by atoms with Crippen LogP contribution in [0.1, 0.15) is 18.9 Å². The lowest BCUT2D eigenvalue weighted by molar-refractivity contribution is -0.115. The molecule has 0 spiro atoms. The minimum Gasteiger partial charge on any atom is -0.341 e. The Kier molecular flexibility index (Phi) is 7.05. The summed E-state index contributed by atoms with van der Waals surface area (Å²) in [6.07, 6.45) is 6.14. The molecule has 0 unspecified atom stereocenters. The fourth-order valence-corrected chi connectivity index (χ4v) is 4.29. The van der Waals surface area contributed by atoms with Gasteiger partial charge in [0.2, 0.25) is 0 Å². The van der Waals surface area contributed by atoms with Crippen LogP contribution in [-0.2, 0) is 11.2 Å². The molecule has 2 aromatic carbocycles. The standard InChI is InChI=1S/C27H25N3O2S/c1-19(18-33-2)24(31)14-13-20-16-28-17-23-25(32)15-26(29-21-9-5-3-6-10-21)30(27(20)23)22-11-7-4-8-12-22/h3-12,15-18,29H,13-14H2,1-2H3/b19-18+. The molecule has 6 heteroatoms. The van der Waals surface area contributed by atoms with E-state index in [1.807, 2.05) is 83.8 Å². The van der Waals surface area contributed by atoms with E-state index in [9.17, 15) is 9.59 Å². The van der Waals surface area contributed by atoms with Crippen molar-refractivity contribution in [2.24, 2.45) is 0 Å². The number of carbonyl (C=O) groups is 1. The van der Waals surface area contributed by atoms with Crippen LogP contribution in [0.4, 0.5) is 11.5 Å². The number of nitrogens with zero attached hydrogens (tertiary/aromatic N) is 2. The molecule has 2 aromatic heterocycles. The maximum Gasteiger partial charge on any atom is 0.193 e. The molecule has 0 aliphatic heterocycles. The average Bonchev–Trinajstić information content (AvgIpc) is 2.84. The number of Topliss-reactive ketones (excluding diaryl/α,β-unsaturated/α-hetero) is 1. The normalized spacial score (nSPS) is 11.5. The van der Waals surface area contributed by atoms with Gasteiger partial charge < -0.3 is 5.32 Å². The van der Waals surface area contributed by atoms with Gasteiger partial charge in [0.25, 0.3) is 0 Å². The second-order valence-electron chi connectivity index (χ2n) is 7.71. The van der Waals surface area contributed by atoms with Crippen molar-refractivity contribution < 1.29 is 4.79 Å². The zero-order valence-corrected chi connectivity index (χ0v) is 19.4. The van der Waals surface area contributed by atoms with E-state index >= 15 is 0 Å². The molecule has 0 radical (unpaired) electrons. The molecule has 0 fully saturated rings. The maximum atomic E-state index is 13.1. The Labute approximate surface area is 197 Å². The van der Waals surface area contributed by atoms with Crippen molar-refractivity contribution in [1.29, 1.82) is 0 Å². The van der Waals surface area contributed by atoms with E-state index in [-0.39, 0.29) is 11.2 Å². The van der Waals surface area contributed by atoms with E-state index in [0.717, 1.165) is 28.0 Å². The summed E-state index contributed by atoms with van der Waals surface area (Å²) in [6.45, 7) is 1.84. The van der Waals surface area contributed by atoms with Crippen molar-refractivity contribution in [2.45, 2.75) is 19.8 Å². The van der Waals surface area contributed by atoms with Crippen LogP contribution in [0.25, 0.3) is 16.6 Å². The van der Waals surface area contributed by atoms with E-state index in [0.29, 0.717) is 24.0 Å². The summed E-state index contributed by atoms with van der Waals surface area (Å²) in [5, 5.41) is 5.79. The van der Waals surface area contributed by atoms with Crippen molar-refractivity contribution >= 4 is 40.0 Å². The summed E-state index contributed by atoms with van der Waals surface area (Å²) in [5.74, 6) is 0.746. The number of anilines is 2. The van der Waals surface area contributed by atoms with Gasteiger partial charge in [-0.3, -0.25) is 19.1 Å². The van der Waals surface area contributed by atoms with Gasteiger partial charge in [-0.05, 0) is 60.4 Å². The number of aromatic nitrogens is 2. The summed E-state index contributed by atoms with van der Waals surface area (Å²) in [6, 6.07) is 21.2. The fourth-order valence-electron chi connectivity index (χ4n) is 3.81. The number of hydrogen-bond donors (Lipinski definition) is 1. The highest BCUT2D eigenvalue weighted by Gasteiger charge is 2.16. The fraction of sp³-hybridized carbons (Fsp3) is 0.148. The van der Waals surface area contributed by atoms with Gasteiger partial charge in [0, 0.05) is 36.3 Å². The third kappa shape index (κ3) is 5.07. The first-order valence-corrected chi connectivity index (χ1v) is 12.0. The molecule has 5 nitrogen and oxygen atoms in total. The quantitative estimate of drug-likeness (QED) is 0.335. The van der Waals surface area contributed by atoms with Crippen molar-refractivity contribution in [2.75, 3.05) is 11.6 Å². The molecule has 0 atom stereocenters. The summed E-state index contributed by atoms with van der Waals surface area (Å²) in [7, 11) is 0. The molecule has 33 heavy (non-hydrogen) atoms. The number of aryl methyl sites for hydroxylation is 1. The lowest BCUT2D eigenvalue weighted by atomic mass is 10.0. The number of para-hydroxylation sites is 2. The molecular weight excluding hydrogens is 430 g/mol. The molecule has 4 aromatic rings. The van der Waals surface area contributed by atoms with Gasteiger partial charge >= 0.3 is 0 Å². The van der Waals surface area contributed by atoms with Crippen molar-refractivity contribution in [1.82, 2.24) is 9.55 Å². The van der Waals surface area contributed by atoms with Crippen molar-refractivity contribution in [3.8, 4) is 5.69 Å². The van der Waals surface area contributed by atoms with E-state index in [1.165, 1.54) is 11.8 Å². The average molecular weight is 456 g/mol. The Morgan fingerprint density at radius 3 is 2.45 bits per heavy atom. The number of hydrogen-bond acceptors (Lipinski definition) is 5. The lowest BCUT2D eigenvalue weighted by Gasteiger charge is -2.20. The van der Waals surface area contributed by atoms with Gasteiger partial charge in [-0.1, -0.05) is 36.4 Å². The first-order valence-electron chi connectivity index (χ1n) is 10.7. The van der Waals surface area contributed by atoms with Crippen LogP contribution in [0.15, 0.2) is 94.9 Å². The number of thioether (sulfide) groups is 1. The Morgan fingerprint density at radius 1 is 1.06 bits per heavy atom. The van der Waals surface area contributed by atoms with Crippen LogP contribution in [0, 0.1) is 0 Å². The molecule has 0 bridgehead atoms. The molecule has 0 aliphatic carbocycles. The number of rotatable bonds is 8. The highest BCUT2D eigenvalue weighted by molar-refractivity contribution is 8.01. The summed E-state index contributed by atoms with van der Waals surface area (Å²) in [5.41, 5.74) is 4.04. The van der Waals surface area contributed by atoms with Crippen LogP contribution in [0.3, 0.4) is 0 Å². The van der Waals surface area contributed by atoms with Crippen LogP contribution < -0.4 is 10.7 Å². The molecule has 2 heterocycles. The van der Waals surface area contributed by atoms with Crippen LogP contribution in [0.5, 0.6) is 0 Å². The zero-order chi connectivity index (χ0) is 23.2. The van der Waals surface area contributed by atoms with Gasteiger partial charge in [0.05, 0.1) is 10.9 Å². The highest BCUT2D eigenvalue weighted by Crippen LogP contribution is 2.27. The van der Waals surface area contributed by atoms with Gasteiger partial charge in [0.1, 0.15) is 5.82 Å². The minimum atomic E-state index is -0.116. The topological polar surface area (TPSA) is 64.0 Å². The first-order chi connectivity index (χ1) is 16.1. The zero-order valence-electron chi connectivity index (χ0n) is 18.6. The third-order valence-electron chi connectivity index (χ3n) is 5.41. The molecule has 0 aliphatic rings. The molecule has 166 valence electrons. The summed E-state index contributed by atoms with van der Waals surface area (Å²) < 4.78 is 2.04. The van der Waals surface area contributed by atoms with Gasteiger partial charge in [-0.2, -0.15) is 0 Å². The highest BCUT2D eigenvalue weighted by atomic mass is 32.2. The lowest BCUT2D eigenvalue weighted by Crippen LogP contribution is -2.15. The molecule has 0 saturated heterocycles. The molecule has 0 amide bonds. The number of nitrogens with one attached hydrogen (secondary N) is 1. The number of allylic oxidation sites excluding steroid dienone is 1. The van der Waals surface area contributed by atoms with Gasteiger partial charge in [0.15, 0.2) is 11.2 Å². The van der Waals surface area contributed by atoms with Crippen molar-refractivity contribution in [3.63, 3.8) is 0 Å². The molecule has 0 saturated carbocycles. The van der Waals surface area contributed by atoms with E-state index in [4.69, 9.17) is 0 Å². The second kappa shape index (κ2) is 10.3. The number of fused-ring (bicyclic) bond motifs is 1. The molecule has 1 N–H and O–H groups in total. The first kappa shape index (κ1) is 22.6. The smallest absolute Gasteiger partial charge is 0.193 e. The predicted octanol–water partition coefficient (Wildman–Crippen LogP) is 5.90. The van der Waals surface area contributed by atoms with E-state index < -0.39 is 0 Å². The molecular formula is C27H25N3O2S. The van der Waals surface area contributed by atoms with E-state index in [2.05, 4.69) is 10.3 Å². The SMILES string of the molecule is CS/C=C(\C)C(=O)CCc1cncc2c(=O)cc(Nc3ccccc3)n(-c3ccccc3)c12. The van der Waals surface area contributed by atoms with Crippen molar-refractivity contribution in [3.05, 3.63) is 106 Å². The Bertz CT molecular complexity index is 1360. The largest absolute Gasteiger partial charge is 0.341 e. The number of carbonyl (C=O) groups excluding carboxylic acids is 1. The summed E-state index contributed by atoms with van der Waals surface area (Å²) >= 11 is 1.52. The van der Waals surface area contributed by atoms with Crippen LogP contribution in [-0.4, -0.2) is 21.6 Å². The monoisotopic (exact) mass is 455 g/mol. The van der Waals surface area contributed by atoms with Crippen LogP contribution >= 0.6 is 11.8 Å². The minimum absolute atomic E-state index is 0.0912. The maximum absolute atomic E-state index is 13.1. The second-order valence-corrected chi connectivity index (χ2v) is 8.42. The Morgan fingerprint density at radius 2 is 1.76 bits per heavy atom. The Balaban J connectivity index is 1.89. The van der Waals surface area contributed by atoms with Crippen LogP contribution in [0.2, 0.25) is 0 Å². The Hall–Kier alpha value is -3.64. The predicted molar refractivity (Wildman–Crippen MR) is 138 cm³/mol. The third-order valence-corrected chi connectivity index (χ3v) is 6.00. The van der Waals surface area contributed by atoms with Gasteiger partial charge in [-0.25, -0.2) is 0 Å². The number of benzene rings is 2. The number of ketones is 1. The van der Waals surface area contributed by atoms with E-state index in [1.54, 1.807) is 18.5 Å². The van der Waals surface area contributed by atoms with Gasteiger partial charge in [-0.15, -0.1) is 11.8 Å². The summed E-state index contributed by atoms with van der Waals surface area (Å²) in [4.78, 5) is 30.0. The number of pyridine rings is 2.